The van der Waals surface area contributed by atoms with Gasteiger partial charge in [-0.05, 0) is 19.4 Å². The summed E-state index contributed by atoms with van der Waals surface area (Å²) in [5.41, 5.74) is -0.855. The van der Waals surface area contributed by atoms with Crippen LogP contribution in [0.3, 0.4) is 0 Å². The van der Waals surface area contributed by atoms with Crippen LogP contribution >= 0.6 is 11.8 Å². The van der Waals surface area contributed by atoms with E-state index in [-0.39, 0.29) is 5.82 Å². The average Bonchev–Trinajstić information content (AvgIpc) is 2.06. The van der Waals surface area contributed by atoms with E-state index in [0.29, 0.717) is 22.6 Å². The summed E-state index contributed by atoms with van der Waals surface area (Å²) in [4.78, 5) is 0.485. The Balaban J connectivity index is 2.58. The van der Waals surface area contributed by atoms with Crippen molar-refractivity contribution in [2.75, 3.05) is 5.75 Å². The Morgan fingerprint density at radius 1 is 1.46 bits per heavy atom. The van der Waals surface area contributed by atoms with Gasteiger partial charge in [0.05, 0.1) is 0 Å². The summed E-state index contributed by atoms with van der Waals surface area (Å²) in [6.07, 6.45) is 0.466. The number of thioether (sulfide) groups is 1. The summed E-state index contributed by atoms with van der Waals surface area (Å²) in [6, 6.07) is 4.62. The van der Waals surface area contributed by atoms with Crippen molar-refractivity contribution < 1.29 is 8.78 Å². The van der Waals surface area contributed by atoms with Crippen molar-refractivity contribution in [3.8, 4) is 0 Å². The number of hydrogen-bond donors (Lipinski definition) is 0. The minimum atomic E-state index is -1.36. The minimum Gasteiger partial charge on any atom is -0.239 e. The van der Waals surface area contributed by atoms with Crippen molar-refractivity contribution >= 4 is 11.8 Å². The first-order chi connectivity index (χ1) is 6.11. The topological polar surface area (TPSA) is 0 Å². The second-order valence-corrected chi connectivity index (χ2v) is 4.52. The molecule has 0 nitrogen and oxygen atoms in total. The maximum absolute atomic E-state index is 13.9. The molecule has 3 heteroatoms. The number of benzene rings is 1. The molecule has 0 saturated heterocycles. The quantitative estimate of drug-likeness (QED) is 0.617. The van der Waals surface area contributed by atoms with Gasteiger partial charge in [0.15, 0.2) is 0 Å². The Hall–Kier alpha value is -0.570. The van der Waals surface area contributed by atoms with E-state index in [1.54, 1.807) is 12.1 Å². The van der Waals surface area contributed by atoms with E-state index in [1.807, 2.05) is 0 Å². The van der Waals surface area contributed by atoms with Gasteiger partial charge in [-0.25, -0.2) is 8.78 Å². The molecule has 1 aromatic carbocycles. The molecule has 1 unspecified atom stereocenters. The fourth-order valence-electron chi connectivity index (χ4n) is 1.55. The third-order valence-electron chi connectivity index (χ3n) is 2.35. The van der Waals surface area contributed by atoms with Crippen LogP contribution in [-0.4, -0.2) is 5.75 Å². The zero-order valence-electron chi connectivity index (χ0n) is 7.31. The van der Waals surface area contributed by atoms with Crippen LogP contribution in [0, 0.1) is 5.82 Å². The summed E-state index contributed by atoms with van der Waals surface area (Å²) in [7, 11) is 0. The lowest BCUT2D eigenvalue weighted by molar-refractivity contribution is 0.179. The molecule has 1 heterocycles. The van der Waals surface area contributed by atoms with E-state index in [0.717, 1.165) is 0 Å². The SMILES string of the molecule is CC1(F)CCSc2c(F)cccc21. The van der Waals surface area contributed by atoms with Crippen LogP contribution in [0.5, 0.6) is 0 Å². The minimum absolute atomic E-state index is 0.300. The molecular weight excluding hydrogens is 190 g/mol. The van der Waals surface area contributed by atoms with Gasteiger partial charge in [-0.1, -0.05) is 12.1 Å². The molecule has 2 rings (SSSR count). The number of fused-ring (bicyclic) bond motifs is 1. The van der Waals surface area contributed by atoms with E-state index >= 15 is 0 Å². The van der Waals surface area contributed by atoms with Gasteiger partial charge in [0.2, 0.25) is 0 Å². The van der Waals surface area contributed by atoms with Crippen LogP contribution in [0.2, 0.25) is 0 Å². The van der Waals surface area contributed by atoms with Crippen LogP contribution in [0.4, 0.5) is 8.78 Å². The van der Waals surface area contributed by atoms with E-state index in [9.17, 15) is 8.78 Å². The molecule has 0 bridgehead atoms. The summed E-state index contributed by atoms with van der Waals surface area (Å²) < 4.78 is 27.1. The number of rotatable bonds is 0. The van der Waals surface area contributed by atoms with Gasteiger partial charge in [-0.2, -0.15) is 0 Å². The van der Waals surface area contributed by atoms with E-state index in [1.165, 1.54) is 24.8 Å². The average molecular weight is 200 g/mol. The molecule has 0 aliphatic carbocycles. The second kappa shape index (κ2) is 2.98. The van der Waals surface area contributed by atoms with Gasteiger partial charge in [0, 0.05) is 16.2 Å². The first-order valence-corrected chi connectivity index (χ1v) is 5.20. The lowest BCUT2D eigenvalue weighted by atomic mass is 9.94. The molecule has 1 aromatic rings. The summed E-state index contributed by atoms with van der Waals surface area (Å²) >= 11 is 1.40. The smallest absolute Gasteiger partial charge is 0.137 e. The largest absolute Gasteiger partial charge is 0.239 e. The van der Waals surface area contributed by atoms with Crippen LogP contribution in [0.1, 0.15) is 18.9 Å². The van der Waals surface area contributed by atoms with Crippen molar-refractivity contribution in [2.45, 2.75) is 23.9 Å². The van der Waals surface area contributed by atoms with Gasteiger partial charge in [0.1, 0.15) is 11.5 Å². The van der Waals surface area contributed by atoms with Crippen molar-refractivity contribution in [2.24, 2.45) is 0 Å². The van der Waals surface area contributed by atoms with Crippen LogP contribution in [0.25, 0.3) is 0 Å². The van der Waals surface area contributed by atoms with Gasteiger partial charge < -0.3 is 0 Å². The molecule has 1 aliphatic heterocycles. The monoisotopic (exact) mass is 200 g/mol. The molecule has 1 aliphatic rings. The molecule has 13 heavy (non-hydrogen) atoms. The van der Waals surface area contributed by atoms with E-state index in [2.05, 4.69) is 0 Å². The number of alkyl halides is 1. The van der Waals surface area contributed by atoms with Crippen LogP contribution < -0.4 is 0 Å². The predicted molar refractivity (Wildman–Crippen MR) is 50.2 cm³/mol. The predicted octanol–water partition coefficient (Wildman–Crippen LogP) is 3.51. The summed E-state index contributed by atoms with van der Waals surface area (Å²) in [5.74, 6) is 0.354. The molecule has 0 N–H and O–H groups in total. The first kappa shape index (κ1) is 9.00. The van der Waals surface area contributed by atoms with Gasteiger partial charge >= 0.3 is 0 Å². The van der Waals surface area contributed by atoms with Gasteiger partial charge in [0.25, 0.3) is 0 Å². The summed E-state index contributed by atoms with van der Waals surface area (Å²) in [6.45, 7) is 1.52. The molecule has 1 atom stereocenters. The van der Waals surface area contributed by atoms with Crippen LogP contribution in [0.15, 0.2) is 23.1 Å². The normalized spacial score (nSPS) is 27.0. The molecule has 70 valence electrons. The molecule has 0 fully saturated rings. The Morgan fingerprint density at radius 2 is 2.23 bits per heavy atom. The Labute approximate surface area is 80.3 Å². The molecule has 0 aromatic heterocycles. The maximum atomic E-state index is 13.9. The highest BCUT2D eigenvalue weighted by Crippen LogP contribution is 2.43. The zero-order valence-corrected chi connectivity index (χ0v) is 8.13. The highest BCUT2D eigenvalue weighted by molar-refractivity contribution is 7.99. The molecule has 0 amide bonds. The third-order valence-corrected chi connectivity index (χ3v) is 3.46. The lowest BCUT2D eigenvalue weighted by Crippen LogP contribution is -2.21. The lowest BCUT2D eigenvalue weighted by Gasteiger charge is -2.28. The fraction of sp³-hybridized carbons (Fsp3) is 0.400. The summed E-state index contributed by atoms with van der Waals surface area (Å²) in [5, 5.41) is 0. The first-order valence-electron chi connectivity index (χ1n) is 4.22. The maximum Gasteiger partial charge on any atom is 0.137 e. The van der Waals surface area contributed by atoms with E-state index < -0.39 is 5.67 Å². The Morgan fingerprint density at radius 3 is 2.92 bits per heavy atom. The number of hydrogen-bond acceptors (Lipinski definition) is 1. The van der Waals surface area contributed by atoms with Crippen molar-refractivity contribution in [1.29, 1.82) is 0 Å². The Kier molecular flexibility index (Phi) is 2.06. The zero-order chi connectivity index (χ0) is 9.47. The fourth-order valence-corrected chi connectivity index (χ4v) is 2.88. The second-order valence-electron chi connectivity index (χ2n) is 3.41. The highest BCUT2D eigenvalue weighted by Gasteiger charge is 2.33. The van der Waals surface area contributed by atoms with Crippen molar-refractivity contribution in [3.05, 3.63) is 29.6 Å². The standard InChI is InChI=1S/C10H10F2S/c1-10(12)5-6-13-9-7(10)3-2-4-8(9)11/h2-4H,5-6H2,1H3. The van der Waals surface area contributed by atoms with Crippen molar-refractivity contribution in [3.63, 3.8) is 0 Å². The third kappa shape index (κ3) is 1.46. The van der Waals surface area contributed by atoms with Gasteiger partial charge in [-0.15, -0.1) is 11.8 Å². The molecule has 0 saturated carbocycles. The number of halogens is 2. The highest BCUT2D eigenvalue weighted by atomic mass is 32.2. The van der Waals surface area contributed by atoms with E-state index in [4.69, 9.17) is 0 Å². The molecular formula is C10H10F2S. The van der Waals surface area contributed by atoms with Gasteiger partial charge in [-0.3, -0.25) is 0 Å². The van der Waals surface area contributed by atoms with Crippen molar-refractivity contribution in [1.82, 2.24) is 0 Å². The molecule has 0 spiro atoms. The van der Waals surface area contributed by atoms with Crippen LogP contribution in [-0.2, 0) is 5.67 Å². The molecule has 0 radical (unpaired) electrons. The Bertz CT molecular complexity index is 334.